The Morgan fingerprint density at radius 3 is 2.35 bits per heavy atom. The largest absolute Gasteiger partial charge is 0.375 e. The zero-order valence-electron chi connectivity index (χ0n) is 13.4. The monoisotopic (exact) mass is 280 g/mol. The highest BCUT2D eigenvalue weighted by Crippen LogP contribution is 2.40. The van der Waals surface area contributed by atoms with Crippen molar-refractivity contribution >= 4 is 0 Å². The first-order chi connectivity index (χ1) is 9.64. The lowest BCUT2D eigenvalue weighted by molar-refractivity contribution is -0.0846. The molecule has 0 aromatic carbocycles. The van der Waals surface area contributed by atoms with Crippen LogP contribution in [0.4, 0.5) is 0 Å². The summed E-state index contributed by atoms with van der Waals surface area (Å²) in [5.41, 5.74) is 0.665. The molecule has 0 bridgehead atoms. The molecule has 0 aromatic rings. The number of likely N-dealkylation sites (N-methyl/N-ethyl adjacent to an activating group) is 1. The second-order valence-corrected chi connectivity index (χ2v) is 7.64. The molecule has 0 radical (unpaired) electrons. The van der Waals surface area contributed by atoms with Gasteiger partial charge in [0.1, 0.15) is 0 Å². The number of nitrogens with zero attached hydrogens (tertiary/aromatic N) is 1. The van der Waals surface area contributed by atoms with E-state index in [1.807, 2.05) is 0 Å². The second-order valence-electron chi connectivity index (χ2n) is 7.64. The molecule has 1 saturated heterocycles. The molecule has 1 atom stereocenters. The molecule has 2 aliphatic carbocycles. The van der Waals surface area contributed by atoms with E-state index < -0.39 is 0 Å². The number of ether oxygens (including phenoxy) is 1. The number of hydrogen-bond acceptors (Lipinski definition) is 3. The Balaban J connectivity index is 1.55. The third-order valence-corrected chi connectivity index (χ3v) is 6.21. The average Bonchev–Trinajstić information content (AvgIpc) is 3.07. The van der Waals surface area contributed by atoms with Gasteiger partial charge in [-0.3, -0.25) is 0 Å². The highest BCUT2D eigenvalue weighted by Gasteiger charge is 2.41. The maximum absolute atomic E-state index is 6.15. The Morgan fingerprint density at radius 1 is 1.05 bits per heavy atom. The zero-order chi connectivity index (χ0) is 14.1. The van der Waals surface area contributed by atoms with E-state index in [0.29, 0.717) is 11.6 Å². The molecule has 0 amide bonds. The van der Waals surface area contributed by atoms with Crippen molar-refractivity contribution in [1.82, 2.24) is 10.2 Å². The van der Waals surface area contributed by atoms with Gasteiger partial charge in [-0.25, -0.2) is 0 Å². The van der Waals surface area contributed by atoms with E-state index in [2.05, 4.69) is 24.3 Å². The number of hydrogen-bond donors (Lipinski definition) is 1. The lowest BCUT2D eigenvalue weighted by Crippen LogP contribution is -2.54. The van der Waals surface area contributed by atoms with Gasteiger partial charge in [-0.1, -0.05) is 25.7 Å². The third-order valence-electron chi connectivity index (χ3n) is 6.21. The molecule has 3 aliphatic rings. The first-order valence-electron chi connectivity index (χ1n) is 8.69. The molecule has 3 nitrogen and oxygen atoms in total. The van der Waals surface area contributed by atoms with Crippen molar-refractivity contribution in [2.45, 2.75) is 81.4 Å². The van der Waals surface area contributed by atoms with Gasteiger partial charge in [-0.2, -0.15) is 0 Å². The first kappa shape index (κ1) is 14.8. The minimum Gasteiger partial charge on any atom is -0.375 e. The molecule has 2 saturated carbocycles. The number of rotatable bonds is 4. The third kappa shape index (κ3) is 2.90. The minimum absolute atomic E-state index is 0.247. The smallest absolute Gasteiger partial charge is 0.0697 e. The maximum atomic E-state index is 6.15. The quantitative estimate of drug-likeness (QED) is 0.857. The second kappa shape index (κ2) is 5.94. The molecular formula is C17H32N2O. The van der Waals surface area contributed by atoms with Gasteiger partial charge >= 0.3 is 0 Å². The van der Waals surface area contributed by atoms with Gasteiger partial charge in [0.05, 0.1) is 5.60 Å². The predicted octanol–water partition coefficient (Wildman–Crippen LogP) is 2.94. The fraction of sp³-hybridized carbons (Fsp3) is 1.00. The summed E-state index contributed by atoms with van der Waals surface area (Å²) in [5, 5.41) is 3.92. The fourth-order valence-electron chi connectivity index (χ4n) is 4.72. The van der Waals surface area contributed by atoms with Crippen molar-refractivity contribution in [2.24, 2.45) is 0 Å². The molecular weight excluding hydrogens is 248 g/mol. The summed E-state index contributed by atoms with van der Waals surface area (Å²) in [5.74, 6) is 0. The van der Waals surface area contributed by atoms with Gasteiger partial charge in [0, 0.05) is 24.7 Å². The van der Waals surface area contributed by atoms with Crippen LogP contribution in [0.2, 0.25) is 0 Å². The van der Waals surface area contributed by atoms with Crippen molar-refractivity contribution in [3.8, 4) is 0 Å². The molecule has 1 heterocycles. The van der Waals surface area contributed by atoms with Crippen LogP contribution in [-0.2, 0) is 4.74 Å². The van der Waals surface area contributed by atoms with Gasteiger partial charge in [0.2, 0.25) is 0 Å². The van der Waals surface area contributed by atoms with Crippen LogP contribution < -0.4 is 5.32 Å². The lowest BCUT2D eigenvalue weighted by atomic mass is 9.88. The van der Waals surface area contributed by atoms with Crippen LogP contribution in [0.3, 0.4) is 0 Å². The van der Waals surface area contributed by atoms with Crippen LogP contribution in [0, 0.1) is 0 Å². The average molecular weight is 280 g/mol. The van der Waals surface area contributed by atoms with Gasteiger partial charge < -0.3 is 15.0 Å². The molecule has 1 aliphatic heterocycles. The Hall–Kier alpha value is -0.120. The summed E-state index contributed by atoms with van der Waals surface area (Å²) in [6.07, 6.45) is 13.3. The van der Waals surface area contributed by atoms with Gasteiger partial charge in [0.25, 0.3) is 0 Å². The fourth-order valence-corrected chi connectivity index (χ4v) is 4.72. The van der Waals surface area contributed by atoms with E-state index in [4.69, 9.17) is 4.74 Å². The van der Waals surface area contributed by atoms with Crippen molar-refractivity contribution in [3.63, 3.8) is 0 Å². The van der Waals surface area contributed by atoms with Crippen molar-refractivity contribution in [3.05, 3.63) is 0 Å². The highest BCUT2D eigenvalue weighted by atomic mass is 16.5. The summed E-state index contributed by atoms with van der Waals surface area (Å²) in [6, 6.07) is 0.680. The highest BCUT2D eigenvalue weighted by molar-refractivity contribution is 4.98. The van der Waals surface area contributed by atoms with Crippen molar-refractivity contribution < 1.29 is 4.74 Å². The van der Waals surface area contributed by atoms with E-state index in [1.54, 1.807) is 0 Å². The standard InChI is InChI=1S/C17H32N2O/c1-19(2)16(8-3-4-9-16)14-18-15-7-12-20-17(13-15)10-5-6-11-17/h15,18H,3-14H2,1-2H3. The summed E-state index contributed by atoms with van der Waals surface area (Å²) >= 11 is 0. The van der Waals surface area contributed by atoms with Gasteiger partial charge in [-0.05, 0) is 52.6 Å². The Bertz CT molecular complexity index is 317. The van der Waals surface area contributed by atoms with Crippen LogP contribution in [0.1, 0.15) is 64.2 Å². The first-order valence-corrected chi connectivity index (χ1v) is 8.69. The molecule has 0 aromatic heterocycles. The Labute approximate surface area is 124 Å². The van der Waals surface area contributed by atoms with E-state index in [-0.39, 0.29) is 5.60 Å². The maximum Gasteiger partial charge on any atom is 0.0697 e. The molecule has 3 rings (SSSR count). The van der Waals surface area contributed by atoms with Crippen LogP contribution in [0.25, 0.3) is 0 Å². The molecule has 1 spiro atoms. The van der Waals surface area contributed by atoms with Crippen molar-refractivity contribution in [1.29, 1.82) is 0 Å². The normalized spacial score (nSPS) is 32.2. The summed E-state index contributed by atoms with van der Waals surface area (Å²) in [7, 11) is 4.52. The molecule has 3 fully saturated rings. The molecule has 1 unspecified atom stereocenters. The lowest BCUT2D eigenvalue weighted by Gasteiger charge is -2.42. The van der Waals surface area contributed by atoms with Gasteiger partial charge in [-0.15, -0.1) is 0 Å². The SMILES string of the molecule is CN(C)C1(CNC2CCOC3(CCCC3)C2)CCCC1. The predicted molar refractivity (Wildman–Crippen MR) is 83.1 cm³/mol. The van der Waals surface area contributed by atoms with Crippen molar-refractivity contribution in [2.75, 3.05) is 27.2 Å². The Morgan fingerprint density at radius 2 is 1.70 bits per heavy atom. The summed E-state index contributed by atoms with van der Waals surface area (Å²) < 4.78 is 6.15. The van der Waals surface area contributed by atoms with Crippen LogP contribution in [0.5, 0.6) is 0 Å². The molecule has 116 valence electrons. The minimum atomic E-state index is 0.247. The Kier molecular flexibility index (Phi) is 4.40. The van der Waals surface area contributed by atoms with E-state index in [1.165, 1.54) is 70.8 Å². The molecule has 3 heteroatoms. The number of nitrogens with one attached hydrogen (secondary N) is 1. The van der Waals surface area contributed by atoms with Gasteiger partial charge in [0.15, 0.2) is 0 Å². The molecule has 20 heavy (non-hydrogen) atoms. The van der Waals surface area contributed by atoms with E-state index in [9.17, 15) is 0 Å². The van der Waals surface area contributed by atoms with Crippen LogP contribution in [0.15, 0.2) is 0 Å². The summed E-state index contributed by atoms with van der Waals surface area (Å²) in [4.78, 5) is 2.47. The van der Waals surface area contributed by atoms with Crippen LogP contribution in [-0.4, -0.2) is 49.3 Å². The zero-order valence-corrected chi connectivity index (χ0v) is 13.4. The van der Waals surface area contributed by atoms with E-state index >= 15 is 0 Å². The van der Waals surface area contributed by atoms with E-state index in [0.717, 1.165) is 6.61 Å². The van der Waals surface area contributed by atoms with Crippen LogP contribution >= 0.6 is 0 Å². The molecule has 1 N–H and O–H groups in total. The topological polar surface area (TPSA) is 24.5 Å². The summed E-state index contributed by atoms with van der Waals surface area (Å²) in [6.45, 7) is 2.13.